The summed E-state index contributed by atoms with van der Waals surface area (Å²) >= 11 is 0. The molecule has 0 rings (SSSR count). The number of methoxy groups -OCH3 is 1. The lowest BCUT2D eigenvalue weighted by molar-refractivity contribution is -0.145. The van der Waals surface area contributed by atoms with E-state index in [1.807, 2.05) is 0 Å². The predicted octanol–water partition coefficient (Wildman–Crippen LogP) is 2.21. The molecule has 0 heterocycles. The summed E-state index contributed by atoms with van der Waals surface area (Å²) in [6.45, 7) is 2.41. The number of hydrogen-bond donors (Lipinski definition) is 0. The molecule has 0 unspecified atom stereocenters. The summed E-state index contributed by atoms with van der Waals surface area (Å²) in [5, 5.41) is 0. The van der Waals surface area contributed by atoms with Crippen LogP contribution < -0.4 is 0 Å². The average Bonchev–Trinajstić information content (AvgIpc) is 2.09. The quantitative estimate of drug-likeness (QED) is 0.487. The van der Waals surface area contributed by atoms with E-state index in [2.05, 4.69) is 0 Å². The van der Waals surface area contributed by atoms with Gasteiger partial charge in [0.15, 0.2) is 0 Å². The van der Waals surface area contributed by atoms with E-state index in [1.165, 1.54) is 6.92 Å². The molecule has 92 valence electrons. The number of esters is 1. The van der Waals surface area contributed by atoms with Gasteiger partial charge in [0, 0.05) is 26.6 Å². The van der Waals surface area contributed by atoms with Crippen molar-refractivity contribution in [3.8, 4) is 0 Å². The van der Waals surface area contributed by atoms with Gasteiger partial charge in [-0.15, -0.1) is 0 Å². The lowest BCUT2D eigenvalue weighted by atomic mass is 10.2. The van der Waals surface area contributed by atoms with E-state index in [9.17, 15) is 9.59 Å². The maximum Gasteiger partial charge on any atom is 0.306 e. The van der Waals surface area contributed by atoms with Crippen LogP contribution in [-0.4, -0.2) is 32.1 Å². The van der Waals surface area contributed by atoms with Gasteiger partial charge in [0.2, 0.25) is 0 Å². The zero-order valence-electron chi connectivity index (χ0n) is 8.17. The molecule has 0 saturated carbocycles. The highest BCUT2D eigenvalue weighted by atomic mass is 16.5. The van der Waals surface area contributed by atoms with Crippen LogP contribution >= 0.6 is 0 Å². The van der Waals surface area contributed by atoms with Crippen LogP contribution in [0.15, 0.2) is 0 Å². The van der Waals surface area contributed by atoms with Crippen LogP contribution in [0.25, 0.3) is 0 Å². The second-order valence-corrected chi connectivity index (χ2v) is 2.77. The number of ether oxygens (including phenoxy) is 2. The fourth-order valence-corrected chi connectivity index (χ4v) is 0.740. The Bertz CT molecular complexity index is 166. The van der Waals surface area contributed by atoms with E-state index >= 15 is 0 Å². The zero-order valence-corrected chi connectivity index (χ0v) is 8.17. The van der Waals surface area contributed by atoms with Crippen molar-refractivity contribution in [1.29, 1.82) is 0 Å². The highest BCUT2D eigenvalue weighted by Gasteiger charge is 2.03. The van der Waals surface area contributed by atoms with Crippen LogP contribution in [0, 0.1) is 0 Å². The first-order valence-electron chi connectivity index (χ1n) is 4.31. The standard InChI is InChI=1S/C9H16O4.2CH4/c1-8(10)4-5-9(11)13-7-3-6-12-2;;/h3-7H2,1-2H3;2*1H4. The molecule has 15 heavy (non-hydrogen) atoms. The largest absolute Gasteiger partial charge is 0.466 e. The van der Waals surface area contributed by atoms with Crippen molar-refractivity contribution in [3.05, 3.63) is 0 Å². The Morgan fingerprint density at radius 1 is 1.07 bits per heavy atom. The van der Waals surface area contributed by atoms with Gasteiger partial charge in [-0.1, -0.05) is 14.9 Å². The Morgan fingerprint density at radius 3 is 2.13 bits per heavy atom. The maximum absolute atomic E-state index is 10.9. The van der Waals surface area contributed by atoms with Crippen LogP contribution in [0.2, 0.25) is 0 Å². The number of hydrogen-bond acceptors (Lipinski definition) is 4. The third-order valence-electron chi connectivity index (χ3n) is 1.44. The molecule has 0 aromatic carbocycles. The normalized spacial score (nSPS) is 8.40. The molecule has 0 atom stereocenters. The van der Waals surface area contributed by atoms with Crippen LogP contribution in [0.4, 0.5) is 0 Å². The fraction of sp³-hybridized carbons (Fsp3) is 0.818. The third kappa shape index (κ3) is 15.8. The minimum absolute atomic E-state index is 0. The SMILES string of the molecule is C.C.COCCCOC(=O)CCC(C)=O. The van der Waals surface area contributed by atoms with Gasteiger partial charge in [0.25, 0.3) is 0 Å². The average molecular weight is 220 g/mol. The molecule has 0 N–H and O–H groups in total. The van der Waals surface area contributed by atoms with Crippen LogP contribution in [0.5, 0.6) is 0 Å². The van der Waals surface area contributed by atoms with Crippen molar-refractivity contribution in [3.63, 3.8) is 0 Å². The van der Waals surface area contributed by atoms with Crippen LogP contribution in [0.3, 0.4) is 0 Å². The first kappa shape index (κ1) is 19.6. The summed E-state index contributed by atoms with van der Waals surface area (Å²) in [7, 11) is 1.59. The molecule has 0 radical (unpaired) electrons. The minimum atomic E-state index is -0.314. The van der Waals surface area contributed by atoms with Crippen molar-refractivity contribution in [1.82, 2.24) is 0 Å². The van der Waals surface area contributed by atoms with Crippen molar-refractivity contribution in [2.45, 2.75) is 41.0 Å². The summed E-state index contributed by atoms with van der Waals surface area (Å²) in [6.07, 6.45) is 1.15. The van der Waals surface area contributed by atoms with E-state index in [1.54, 1.807) is 7.11 Å². The van der Waals surface area contributed by atoms with Gasteiger partial charge in [0.1, 0.15) is 5.78 Å². The molecule has 4 heteroatoms. The van der Waals surface area contributed by atoms with E-state index in [0.717, 1.165) is 0 Å². The van der Waals surface area contributed by atoms with E-state index < -0.39 is 0 Å². The number of carbonyl (C=O) groups excluding carboxylic acids is 2. The molecule has 0 bridgehead atoms. The molecular weight excluding hydrogens is 196 g/mol. The van der Waals surface area contributed by atoms with Gasteiger partial charge in [-0.25, -0.2) is 0 Å². The first-order valence-corrected chi connectivity index (χ1v) is 4.31. The summed E-state index contributed by atoms with van der Waals surface area (Å²) in [5.41, 5.74) is 0. The Morgan fingerprint density at radius 2 is 1.67 bits per heavy atom. The van der Waals surface area contributed by atoms with Crippen molar-refractivity contribution in [2.75, 3.05) is 20.3 Å². The highest BCUT2D eigenvalue weighted by molar-refractivity contribution is 5.80. The molecule has 0 fully saturated rings. The monoisotopic (exact) mass is 220 g/mol. The molecule has 0 amide bonds. The van der Waals surface area contributed by atoms with E-state index in [-0.39, 0.29) is 39.4 Å². The Kier molecular flexibility index (Phi) is 17.2. The molecule has 0 saturated heterocycles. The van der Waals surface area contributed by atoms with Gasteiger partial charge < -0.3 is 14.3 Å². The number of ketones is 1. The molecule has 4 nitrogen and oxygen atoms in total. The second-order valence-electron chi connectivity index (χ2n) is 2.77. The van der Waals surface area contributed by atoms with Crippen molar-refractivity contribution in [2.24, 2.45) is 0 Å². The van der Waals surface area contributed by atoms with Crippen molar-refractivity contribution >= 4 is 11.8 Å². The van der Waals surface area contributed by atoms with Gasteiger partial charge in [-0.2, -0.15) is 0 Å². The highest BCUT2D eigenvalue weighted by Crippen LogP contribution is 1.94. The minimum Gasteiger partial charge on any atom is -0.466 e. The van der Waals surface area contributed by atoms with Gasteiger partial charge in [0.05, 0.1) is 13.0 Å². The second kappa shape index (κ2) is 13.1. The smallest absolute Gasteiger partial charge is 0.306 e. The topological polar surface area (TPSA) is 52.6 Å². The third-order valence-corrected chi connectivity index (χ3v) is 1.44. The first-order chi connectivity index (χ1) is 6.16. The summed E-state index contributed by atoms with van der Waals surface area (Å²) < 4.78 is 9.60. The van der Waals surface area contributed by atoms with E-state index in [0.29, 0.717) is 19.6 Å². The molecule has 0 aliphatic heterocycles. The van der Waals surface area contributed by atoms with Crippen LogP contribution in [0.1, 0.15) is 41.0 Å². The molecular formula is C11H24O4. The van der Waals surface area contributed by atoms with Crippen molar-refractivity contribution < 1.29 is 19.1 Å². The van der Waals surface area contributed by atoms with Crippen LogP contribution in [-0.2, 0) is 19.1 Å². The number of carbonyl (C=O) groups is 2. The molecule has 0 aromatic rings. The van der Waals surface area contributed by atoms with E-state index in [4.69, 9.17) is 9.47 Å². The maximum atomic E-state index is 10.9. The molecule has 0 aromatic heterocycles. The molecule has 0 spiro atoms. The Balaban J connectivity index is -0.000000720. The summed E-state index contributed by atoms with van der Waals surface area (Å²) in [5.74, 6) is -0.305. The molecule has 0 aliphatic carbocycles. The van der Waals surface area contributed by atoms with Gasteiger partial charge >= 0.3 is 5.97 Å². The molecule has 0 aliphatic rings. The lowest BCUT2D eigenvalue weighted by Crippen LogP contribution is -2.08. The Hall–Kier alpha value is -0.900. The number of rotatable bonds is 7. The summed E-state index contributed by atoms with van der Waals surface area (Å²) in [6, 6.07) is 0. The number of Topliss-reactive ketones (excluding diaryl/α,β-unsaturated/α-hetero) is 1. The van der Waals surface area contributed by atoms with Gasteiger partial charge in [-0.05, 0) is 6.92 Å². The van der Waals surface area contributed by atoms with Gasteiger partial charge in [-0.3, -0.25) is 4.79 Å². The lowest BCUT2D eigenvalue weighted by Gasteiger charge is -2.02. The summed E-state index contributed by atoms with van der Waals surface area (Å²) in [4.78, 5) is 21.4. The predicted molar refractivity (Wildman–Crippen MR) is 60.8 cm³/mol. The Labute approximate surface area is 93.0 Å². The fourth-order valence-electron chi connectivity index (χ4n) is 0.740. The zero-order chi connectivity index (χ0) is 10.1.